The van der Waals surface area contributed by atoms with Gasteiger partial charge in [0.25, 0.3) is 5.91 Å². The summed E-state index contributed by atoms with van der Waals surface area (Å²) in [6.07, 6.45) is 4.87. The van der Waals surface area contributed by atoms with Crippen molar-refractivity contribution in [1.82, 2.24) is 20.0 Å². The maximum Gasteiger partial charge on any atom is 0.325 e. The Hall–Kier alpha value is -2.57. The maximum absolute atomic E-state index is 12.5. The van der Waals surface area contributed by atoms with E-state index in [9.17, 15) is 9.59 Å². The highest BCUT2D eigenvalue weighted by atomic mass is 16.3. The lowest BCUT2D eigenvalue weighted by molar-refractivity contribution is -0.132. The van der Waals surface area contributed by atoms with Gasteiger partial charge in [-0.25, -0.2) is 4.79 Å². The van der Waals surface area contributed by atoms with Gasteiger partial charge >= 0.3 is 6.03 Å². The summed E-state index contributed by atoms with van der Waals surface area (Å²) in [6.45, 7) is 1.82. The molecular weight excluding hydrogens is 260 g/mol. The predicted molar refractivity (Wildman–Crippen MR) is 68.3 cm³/mol. The Labute approximate surface area is 115 Å². The average Bonchev–Trinajstić information content (AvgIpc) is 3.09. The first-order valence-electron chi connectivity index (χ1n) is 6.16. The van der Waals surface area contributed by atoms with Crippen molar-refractivity contribution in [3.8, 4) is 0 Å². The minimum absolute atomic E-state index is 0.189. The van der Waals surface area contributed by atoms with E-state index in [1.54, 1.807) is 43.2 Å². The number of hydrogen-bond donors (Lipinski definition) is 1. The van der Waals surface area contributed by atoms with E-state index >= 15 is 0 Å². The normalized spacial score (nSPS) is 22.4. The fraction of sp³-hybridized carbons (Fsp3) is 0.308. The van der Waals surface area contributed by atoms with Gasteiger partial charge in [-0.3, -0.25) is 14.4 Å². The maximum atomic E-state index is 12.5. The molecule has 1 aliphatic rings. The second-order valence-electron chi connectivity index (χ2n) is 4.95. The summed E-state index contributed by atoms with van der Waals surface area (Å²) in [5.41, 5.74) is -0.359. The lowest BCUT2D eigenvalue weighted by atomic mass is 9.99. The predicted octanol–water partition coefficient (Wildman–Crippen LogP) is 0.980. The Balaban J connectivity index is 1.87. The van der Waals surface area contributed by atoms with Crippen LogP contribution in [0.2, 0.25) is 0 Å². The molecule has 0 saturated carbocycles. The molecule has 3 rings (SSSR count). The van der Waals surface area contributed by atoms with Crippen LogP contribution in [0.4, 0.5) is 4.79 Å². The molecule has 1 aliphatic heterocycles. The van der Waals surface area contributed by atoms with Crippen molar-refractivity contribution in [1.29, 1.82) is 0 Å². The minimum atomic E-state index is -1.15. The molecule has 1 atom stereocenters. The summed E-state index contributed by atoms with van der Waals surface area (Å²) < 4.78 is 6.89. The molecule has 0 radical (unpaired) electrons. The number of hydrogen-bond acceptors (Lipinski definition) is 4. The first-order valence-corrected chi connectivity index (χ1v) is 6.16. The molecule has 7 nitrogen and oxygen atoms in total. The second kappa shape index (κ2) is 4.22. The number of furan rings is 1. The van der Waals surface area contributed by atoms with Gasteiger partial charge in [-0.1, -0.05) is 0 Å². The summed E-state index contributed by atoms with van der Waals surface area (Å²) in [5.74, 6) is 0.0887. The van der Waals surface area contributed by atoms with Crippen molar-refractivity contribution in [3.05, 3.63) is 42.1 Å². The van der Waals surface area contributed by atoms with E-state index in [0.29, 0.717) is 5.76 Å². The van der Waals surface area contributed by atoms with Gasteiger partial charge in [0.1, 0.15) is 5.76 Å². The van der Waals surface area contributed by atoms with Gasteiger partial charge in [0, 0.05) is 18.8 Å². The topological polar surface area (TPSA) is 80.4 Å². The molecule has 1 N–H and O–H groups in total. The summed E-state index contributed by atoms with van der Waals surface area (Å²) in [4.78, 5) is 25.7. The molecule has 1 saturated heterocycles. The third-order valence-corrected chi connectivity index (χ3v) is 3.39. The van der Waals surface area contributed by atoms with Crippen LogP contribution in [-0.2, 0) is 23.9 Å². The van der Waals surface area contributed by atoms with E-state index in [1.165, 1.54) is 11.2 Å². The van der Waals surface area contributed by atoms with Crippen molar-refractivity contribution in [2.75, 3.05) is 0 Å². The summed E-state index contributed by atoms with van der Waals surface area (Å²) in [5, 5.41) is 6.70. The van der Waals surface area contributed by atoms with Crippen molar-refractivity contribution in [2.24, 2.45) is 7.05 Å². The van der Waals surface area contributed by atoms with Gasteiger partial charge in [-0.15, -0.1) is 0 Å². The number of carbonyl (C=O) groups is 2. The van der Waals surface area contributed by atoms with Crippen molar-refractivity contribution < 1.29 is 14.0 Å². The number of rotatable bonds is 3. The van der Waals surface area contributed by atoms with E-state index in [0.717, 1.165) is 5.56 Å². The molecule has 104 valence electrons. The lowest BCUT2D eigenvalue weighted by Gasteiger charge is -2.18. The highest BCUT2D eigenvalue weighted by molar-refractivity contribution is 6.06. The van der Waals surface area contributed by atoms with Gasteiger partial charge in [-0.05, 0) is 19.1 Å². The van der Waals surface area contributed by atoms with Crippen molar-refractivity contribution in [2.45, 2.75) is 19.0 Å². The Morgan fingerprint density at radius 3 is 2.85 bits per heavy atom. The largest absolute Gasteiger partial charge is 0.466 e. The molecule has 7 heteroatoms. The second-order valence-corrected chi connectivity index (χ2v) is 4.95. The summed E-state index contributed by atoms with van der Waals surface area (Å²) in [7, 11) is 1.78. The van der Waals surface area contributed by atoms with E-state index in [-0.39, 0.29) is 12.5 Å². The van der Waals surface area contributed by atoms with Gasteiger partial charge in [0.15, 0.2) is 5.54 Å². The van der Waals surface area contributed by atoms with Gasteiger partial charge < -0.3 is 9.73 Å². The van der Waals surface area contributed by atoms with Crippen LogP contribution >= 0.6 is 0 Å². The monoisotopic (exact) mass is 274 g/mol. The molecule has 3 heterocycles. The molecule has 20 heavy (non-hydrogen) atoms. The van der Waals surface area contributed by atoms with E-state index in [4.69, 9.17) is 4.42 Å². The smallest absolute Gasteiger partial charge is 0.325 e. The quantitative estimate of drug-likeness (QED) is 0.846. The van der Waals surface area contributed by atoms with Crippen LogP contribution in [0, 0.1) is 0 Å². The van der Waals surface area contributed by atoms with E-state index < -0.39 is 11.6 Å². The third-order valence-electron chi connectivity index (χ3n) is 3.39. The highest BCUT2D eigenvalue weighted by Crippen LogP contribution is 2.29. The Bertz CT molecular complexity index is 661. The number of aryl methyl sites for hydroxylation is 1. The molecule has 2 aromatic heterocycles. The SMILES string of the molecule is Cn1cc(CN2C(=O)N[C@](C)(c3ccco3)C2=O)cn1. The van der Waals surface area contributed by atoms with E-state index in [2.05, 4.69) is 10.4 Å². The first kappa shape index (κ1) is 12.5. The number of carbonyl (C=O) groups excluding carboxylic acids is 2. The van der Waals surface area contributed by atoms with Crippen LogP contribution in [0.15, 0.2) is 35.2 Å². The minimum Gasteiger partial charge on any atom is -0.466 e. The van der Waals surface area contributed by atoms with E-state index in [1.807, 2.05) is 0 Å². The standard InChI is InChI=1S/C13H14N4O3/c1-13(10-4-3-5-20-10)11(18)17(12(19)15-13)8-9-6-14-16(2)7-9/h3-7H,8H2,1-2H3,(H,15,19)/t13-/m1/s1. The number of nitrogens with one attached hydrogen (secondary N) is 1. The summed E-state index contributed by atoms with van der Waals surface area (Å²) in [6, 6.07) is 2.92. The van der Waals surface area contributed by atoms with Crippen LogP contribution in [0.25, 0.3) is 0 Å². The number of imide groups is 1. The van der Waals surface area contributed by atoms with Gasteiger partial charge in [0.05, 0.1) is 19.0 Å². The number of amides is 3. The van der Waals surface area contributed by atoms with Crippen LogP contribution in [0.1, 0.15) is 18.2 Å². The van der Waals surface area contributed by atoms with Crippen molar-refractivity contribution in [3.63, 3.8) is 0 Å². The van der Waals surface area contributed by atoms with Crippen LogP contribution in [0.3, 0.4) is 0 Å². The molecule has 1 fully saturated rings. The zero-order valence-corrected chi connectivity index (χ0v) is 11.2. The summed E-state index contributed by atoms with van der Waals surface area (Å²) >= 11 is 0. The number of nitrogens with zero attached hydrogens (tertiary/aromatic N) is 3. The zero-order valence-electron chi connectivity index (χ0n) is 11.2. The highest BCUT2D eigenvalue weighted by Gasteiger charge is 2.50. The Morgan fingerprint density at radius 2 is 2.25 bits per heavy atom. The molecule has 0 spiro atoms. The zero-order chi connectivity index (χ0) is 14.3. The van der Waals surface area contributed by atoms with Crippen LogP contribution in [-0.4, -0.2) is 26.6 Å². The van der Waals surface area contributed by atoms with Crippen molar-refractivity contribution >= 4 is 11.9 Å². The molecule has 0 bridgehead atoms. The molecule has 2 aromatic rings. The molecule has 3 amide bonds. The number of urea groups is 1. The molecular formula is C13H14N4O3. The molecule has 0 unspecified atom stereocenters. The van der Waals surface area contributed by atoms with Gasteiger partial charge in [-0.2, -0.15) is 5.10 Å². The van der Waals surface area contributed by atoms with Crippen LogP contribution in [0.5, 0.6) is 0 Å². The lowest BCUT2D eigenvalue weighted by Crippen LogP contribution is -2.40. The third kappa shape index (κ3) is 1.78. The first-order chi connectivity index (χ1) is 9.50. The Morgan fingerprint density at radius 1 is 1.45 bits per heavy atom. The van der Waals surface area contributed by atoms with Crippen LogP contribution < -0.4 is 5.32 Å². The fourth-order valence-corrected chi connectivity index (χ4v) is 2.31. The fourth-order valence-electron chi connectivity index (χ4n) is 2.31. The Kier molecular flexibility index (Phi) is 2.63. The molecule has 0 aromatic carbocycles. The average molecular weight is 274 g/mol. The number of aromatic nitrogens is 2. The molecule has 0 aliphatic carbocycles. The van der Waals surface area contributed by atoms with Gasteiger partial charge in [0.2, 0.25) is 0 Å².